The Labute approximate surface area is 143 Å². The Bertz CT molecular complexity index is 888. The van der Waals surface area contributed by atoms with Crippen molar-refractivity contribution < 1.29 is 4.79 Å². The van der Waals surface area contributed by atoms with Gasteiger partial charge in [-0.1, -0.05) is 49.3 Å². The summed E-state index contributed by atoms with van der Waals surface area (Å²) in [6, 6.07) is 11.1. The summed E-state index contributed by atoms with van der Waals surface area (Å²) < 4.78 is 0. The molecule has 24 heavy (non-hydrogen) atoms. The van der Waals surface area contributed by atoms with Gasteiger partial charge in [-0.05, 0) is 71.4 Å². The average Bonchev–Trinajstić information content (AvgIpc) is 3.15. The first-order valence-corrected chi connectivity index (χ1v) is 9.44. The van der Waals surface area contributed by atoms with Crippen LogP contribution in [0.15, 0.2) is 42.0 Å². The first kappa shape index (κ1) is 14.5. The standard InChI is InChI=1S/C23H24O/c1-2-4-16-5-3-6-17-10-21-18(11-20(16)17)13-23(14-22(21)24)12-15-7-8-19(23)9-15/h3,5-7,10-11,19H,2,4,8-9,12-14H2,1H3. The number of benzene rings is 2. The van der Waals surface area contributed by atoms with Gasteiger partial charge in [0.25, 0.3) is 0 Å². The largest absolute Gasteiger partial charge is 0.294 e. The van der Waals surface area contributed by atoms with Gasteiger partial charge in [0.2, 0.25) is 0 Å². The Balaban J connectivity index is 1.65. The average molecular weight is 316 g/mol. The van der Waals surface area contributed by atoms with E-state index in [2.05, 4.69) is 43.3 Å². The maximum atomic E-state index is 13.0. The van der Waals surface area contributed by atoms with Crippen LogP contribution in [0.3, 0.4) is 0 Å². The molecule has 1 fully saturated rings. The molecule has 0 amide bonds. The molecule has 0 radical (unpaired) electrons. The van der Waals surface area contributed by atoms with E-state index in [1.807, 2.05) is 0 Å². The highest BCUT2D eigenvalue weighted by Gasteiger charge is 2.50. The Morgan fingerprint density at radius 1 is 1.17 bits per heavy atom. The van der Waals surface area contributed by atoms with Crippen LogP contribution in [0.5, 0.6) is 0 Å². The predicted molar refractivity (Wildman–Crippen MR) is 98.5 cm³/mol. The van der Waals surface area contributed by atoms with Gasteiger partial charge in [-0.25, -0.2) is 0 Å². The van der Waals surface area contributed by atoms with Gasteiger partial charge in [0.05, 0.1) is 0 Å². The lowest BCUT2D eigenvalue weighted by Crippen LogP contribution is -2.36. The summed E-state index contributed by atoms with van der Waals surface area (Å²) in [7, 11) is 0. The molecule has 0 aromatic heterocycles. The van der Waals surface area contributed by atoms with Crippen molar-refractivity contribution in [1.29, 1.82) is 0 Å². The number of hydrogen-bond donors (Lipinski definition) is 0. The molecule has 2 aromatic rings. The van der Waals surface area contributed by atoms with E-state index in [-0.39, 0.29) is 5.41 Å². The van der Waals surface area contributed by atoms with Crippen molar-refractivity contribution in [1.82, 2.24) is 0 Å². The smallest absolute Gasteiger partial charge is 0.163 e. The van der Waals surface area contributed by atoms with Crippen LogP contribution < -0.4 is 0 Å². The number of aryl methyl sites for hydroxylation is 1. The van der Waals surface area contributed by atoms with Crippen molar-refractivity contribution in [3.8, 4) is 0 Å². The molecule has 1 spiro atoms. The molecule has 5 rings (SSSR count). The van der Waals surface area contributed by atoms with Crippen LogP contribution in [0.4, 0.5) is 0 Å². The molecule has 0 heterocycles. The zero-order valence-corrected chi connectivity index (χ0v) is 14.4. The summed E-state index contributed by atoms with van der Waals surface area (Å²) in [5.74, 6) is 1.10. The topological polar surface area (TPSA) is 17.1 Å². The first-order valence-electron chi connectivity index (χ1n) is 9.44. The second-order valence-corrected chi connectivity index (χ2v) is 8.21. The Morgan fingerprint density at radius 2 is 2.08 bits per heavy atom. The predicted octanol–water partition coefficient (Wildman–Crippen LogP) is 5.65. The number of hydrogen-bond acceptors (Lipinski definition) is 1. The number of allylic oxidation sites excluding steroid dienone is 2. The lowest BCUT2D eigenvalue weighted by Gasteiger charge is -2.39. The molecule has 2 atom stereocenters. The fourth-order valence-electron chi connectivity index (χ4n) is 5.60. The van der Waals surface area contributed by atoms with Crippen molar-refractivity contribution >= 4 is 16.6 Å². The molecule has 3 aliphatic carbocycles. The highest BCUT2D eigenvalue weighted by atomic mass is 16.1. The Kier molecular flexibility index (Phi) is 3.04. The van der Waals surface area contributed by atoms with Crippen molar-refractivity contribution in [2.75, 3.05) is 0 Å². The van der Waals surface area contributed by atoms with E-state index in [1.54, 1.807) is 5.57 Å². The van der Waals surface area contributed by atoms with E-state index in [1.165, 1.54) is 34.7 Å². The third-order valence-corrected chi connectivity index (χ3v) is 6.71. The molecule has 2 unspecified atom stereocenters. The summed E-state index contributed by atoms with van der Waals surface area (Å²) in [6.45, 7) is 2.23. The lowest BCUT2D eigenvalue weighted by atomic mass is 9.63. The molecule has 0 N–H and O–H groups in total. The van der Waals surface area contributed by atoms with Crippen molar-refractivity contribution in [3.63, 3.8) is 0 Å². The van der Waals surface area contributed by atoms with Crippen molar-refractivity contribution in [2.24, 2.45) is 11.3 Å². The summed E-state index contributed by atoms with van der Waals surface area (Å²) in [4.78, 5) is 13.0. The lowest BCUT2D eigenvalue weighted by molar-refractivity contribution is 0.0824. The molecule has 1 heteroatoms. The van der Waals surface area contributed by atoms with Crippen LogP contribution in [0.1, 0.15) is 60.5 Å². The van der Waals surface area contributed by atoms with E-state index >= 15 is 0 Å². The maximum absolute atomic E-state index is 13.0. The summed E-state index contributed by atoms with van der Waals surface area (Å²) in [5.41, 5.74) is 5.60. The van der Waals surface area contributed by atoms with Crippen LogP contribution in [0.2, 0.25) is 0 Å². The maximum Gasteiger partial charge on any atom is 0.163 e. The number of Topliss-reactive ketones (excluding diaryl/α,β-unsaturated/α-hetero) is 1. The normalized spacial score (nSPS) is 27.8. The van der Waals surface area contributed by atoms with Crippen molar-refractivity contribution in [2.45, 2.75) is 51.9 Å². The van der Waals surface area contributed by atoms with Gasteiger partial charge in [-0.2, -0.15) is 0 Å². The quantitative estimate of drug-likeness (QED) is 0.654. The number of carbonyl (C=O) groups is 1. The Morgan fingerprint density at radius 3 is 2.83 bits per heavy atom. The summed E-state index contributed by atoms with van der Waals surface area (Å²) in [5, 5.41) is 2.60. The van der Waals surface area contributed by atoms with Crippen LogP contribution in [-0.4, -0.2) is 5.78 Å². The van der Waals surface area contributed by atoms with Gasteiger partial charge in [0.1, 0.15) is 0 Å². The first-order chi connectivity index (χ1) is 11.7. The van der Waals surface area contributed by atoms with E-state index in [0.717, 1.165) is 37.7 Å². The molecule has 3 aliphatic rings. The molecule has 1 saturated carbocycles. The second kappa shape index (κ2) is 5.05. The van der Waals surface area contributed by atoms with Crippen molar-refractivity contribution in [3.05, 3.63) is 58.7 Å². The van der Waals surface area contributed by atoms with Gasteiger partial charge >= 0.3 is 0 Å². The highest BCUT2D eigenvalue weighted by molar-refractivity contribution is 6.03. The number of ketones is 1. The number of carbonyl (C=O) groups excluding carboxylic acids is 1. The van der Waals surface area contributed by atoms with E-state index in [9.17, 15) is 4.79 Å². The minimum Gasteiger partial charge on any atom is -0.294 e. The van der Waals surface area contributed by atoms with E-state index in [0.29, 0.717) is 11.7 Å². The van der Waals surface area contributed by atoms with Gasteiger partial charge in [0, 0.05) is 12.0 Å². The van der Waals surface area contributed by atoms with E-state index in [4.69, 9.17) is 0 Å². The zero-order chi connectivity index (χ0) is 16.3. The van der Waals surface area contributed by atoms with Crippen LogP contribution >= 0.6 is 0 Å². The summed E-state index contributed by atoms with van der Waals surface area (Å²) >= 11 is 0. The minimum atomic E-state index is 0.238. The number of fused-ring (bicyclic) bond motifs is 5. The van der Waals surface area contributed by atoms with Gasteiger partial charge in [-0.3, -0.25) is 4.79 Å². The van der Waals surface area contributed by atoms with Crippen LogP contribution in [-0.2, 0) is 12.8 Å². The molecular weight excluding hydrogens is 292 g/mol. The monoisotopic (exact) mass is 316 g/mol. The fraction of sp³-hybridized carbons (Fsp3) is 0.435. The number of rotatable bonds is 2. The van der Waals surface area contributed by atoms with Gasteiger partial charge < -0.3 is 0 Å². The molecule has 122 valence electrons. The molecule has 0 saturated heterocycles. The van der Waals surface area contributed by atoms with Crippen LogP contribution in [0.25, 0.3) is 10.8 Å². The van der Waals surface area contributed by atoms with Gasteiger partial charge in [0.15, 0.2) is 5.78 Å². The van der Waals surface area contributed by atoms with Gasteiger partial charge in [-0.15, -0.1) is 0 Å². The molecule has 2 bridgehead atoms. The second-order valence-electron chi connectivity index (χ2n) is 8.21. The highest BCUT2D eigenvalue weighted by Crippen LogP contribution is 2.58. The molecule has 2 aromatic carbocycles. The Hall–Kier alpha value is -1.89. The third-order valence-electron chi connectivity index (χ3n) is 6.71. The van der Waals surface area contributed by atoms with Crippen LogP contribution in [0, 0.1) is 11.3 Å². The summed E-state index contributed by atoms with van der Waals surface area (Å²) in [6.07, 6.45) is 10.2. The molecule has 0 aliphatic heterocycles. The minimum absolute atomic E-state index is 0.238. The third kappa shape index (κ3) is 1.97. The molecular formula is C23H24O. The molecule has 1 nitrogen and oxygen atoms in total. The SMILES string of the molecule is CCCc1cccc2cc3c(cc12)CC1(CC3=O)CC2=CCC1C2. The van der Waals surface area contributed by atoms with E-state index < -0.39 is 0 Å². The zero-order valence-electron chi connectivity index (χ0n) is 14.4. The fourth-order valence-corrected chi connectivity index (χ4v) is 5.60.